The van der Waals surface area contributed by atoms with Crippen LogP contribution in [0, 0.1) is 6.92 Å². The Bertz CT molecular complexity index is 1270. The second-order valence-electron chi connectivity index (χ2n) is 9.07. The Labute approximate surface area is 198 Å². The Kier molecular flexibility index (Phi) is 6.54. The fourth-order valence-electron chi connectivity index (χ4n) is 3.99. The minimum absolute atomic E-state index is 0.0937. The van der Waals surface area contributed by atoms with Crippen molar-refractivity contribution in [1.29, 1.82) is 0 Å². The average molecular weight is 463 g/mol. The number of carbonyl (C=O) groups is 1. The summed E-state index contributed by atoms with van der Waals surface area (Å²) >= 11 is 0. The summed E-state index contributed by atoms with van der Waals surface area (Å²) in [5.41, 5.74) is 2.85. The van der Waals surface area contributed by atoms with E-state index in [-0.39, 0.29) is 11.5 Å². The standard InChI is InChI=1S/C26H30N4O4/c1-17-5-6-20(28-25(32)18-7-8-27-22(13-18)26(2,3)33)16-21(17)19-14-23(29(4)24(31)15-19)30-9-11-34-12-10-30/h5-8,13-16,33H,9-12H2,1-4H3,(H,28,32). The van der Waals surface area contributed by atoms with Gasteiger partial charge in [0, 0.05) is 43.7 Å². The highest BCUT2D eigenvalue weighted by Gasteiger charge is 2.20. The molecule has 1 fully saturated rings. The van der Waals surface area contributed by atoms with Gasteiger partial charge in [0.05, 0.1) is 18.9 Å². The van der Waals surface area contributed by atoms with Gasteiger partial charge in [-0.2, -0.15) is 0 Å². The van der Waals surface area contributed by atoms with Gasteiger partial charge in [0.2, 0.25) is 0 Å². The zero-order chi connectivity index (χ0) is 24.5. The van der Waals surface area contributed by atoms with Gasteiger partial charge in [-0.25, -0.2) is 0 Å². The molecule has 2 N–H and O–H groups in total. The van der Waals surface area contributed by atoms with Crippen molar-refractivity contribution < 1.29 is 14.6 Å². The average Bonchev–Trinajstić information content (AvgIpc) is 2.82. The molecule has 8 heteroatoms. The highest BCUT2D eigenvalue weighted by atomic mass is 16.5. The van der Waals surface area contributed by atoms with E-state index in [0.29, 0.717) is 30.2 Å². The number of nitrogens with zero attached hydrogens (tertiary/aromatic N) is 3. The fourth-order valence-corrected chi connectivity index (χ4v) is 3.99. The van der Waals surface area contributed by atoms with Crippen LogP contribution < -0.4 is 15.8 Å². The van der Waals surface area contributed by atoms with Crippen LogP contribution in [-0.2, 0) is 17.4 Å². The van der Waals surface area contributed by atoms with Gasteiger partial charge in [-0.1, -0.05) is 6.07 Å². The molecule has 178 valence electrons. The van der Waals surface area contributed by atoms with Gasteiger partial charge in [-0.15, -0.1) is 0 Å². The molecular formula is C26H30N4O4. The molecule has 1 amide bonds. The summed E-state index contributed by atoms with van der Waals surface area (Å²) in [5, 5.41) is 13.1. The van der Waals surface area contributed by atoms with E-state index in [2.05, 4.69) is 15.2 Å². The van der Waals surface area contributed by atoms with Crippen molar-refractivity contribution in [2.75, 3.05) is 36.5 Å². The minimum atomic E-state index is -1.15. The van der Waals surface area contributed by atoms with Crippen molar-refractivity contribution in [2.24, 2.45) is 7.05 Å². The summed E-state index contributed by atoms with van der Waals surface area (Å²) in [6, 6.07) is 12.5. The first kappa shape index (κ1) is 23.7. The lowest BCUT2D eigenvalue weighted by molar-refractivity contribution is 0.0737. The van der Waals surface area contributed by atoms with E-state index < -0.39 is 5.60 Å². The number of aromatic nitrogens is 2. The second-order valence-corrected chi connectivity index (χ2v) is 9.07. The minimum Gasteiger partial charge on any atom is -0.384 e. The molecule has 0 saturated carbocycles. The fraction of sp³-hybridized carbons (Fsp3) is 0.346. The monoisotopic (exact) mass is 462 g/mol. The number of pyridine rings is 2. The van der Waals surface area contributed by atoms with Gasteiger partial charge in [-0.05, 0) is 67.8 Å². The zero-order valence-electron chi connectivity index (χ0n) is 20.0. The molecular weight excluding hydrogens is 432 g/mol. The number of aryl methyl sites for hydroxylation is 1. The molecule has 0 spiro atoms. The zero-order valence-corrected chi connectivity index (χ0v) is 20.0. The Morgan fingerprint density at radius 3 is 2.56 bits per heavy atom. The number of hydrogen-bond acceptors (Lipinski definition) is 6. The maximum atomic E-state index is 12.9. The normalized spacial score (nSPS) is 14.2. The molecule has 0 atom stereocenters. The van der Waals surface area contributed by atoms with Gasteiger partial charge >= 0.3 is 0 Å². The van der Waals surface area contributed by atoms with E-state index in [1.807, 2.05) is 31.2 Å². The van der Waals surface area contributed by atoms with Crippen LogP contribution in [0.25, 0.3) is 11.1 Å². The third kappa shape index (κ3) is 5.03. The van der Waals surface area contributed by atoms with Crippen molar-refractivity contribution in [2.45, 2.75) is 26.4 Å². The molecule has 3 heterocycles. The number of ether oxygens (including phenoxy) is 1. The summed E-state index contributed by atoms with van der Waals surface area (Å²) < 4.78 is 7.11. The van der Waals surface area contributed by atoms with Gasteiger partial charge in [0.1, 0.15) is 11.4 Å². The number of nitrogens with one attached hydrogen (secondary N) is 1. The molecule has 3 aromatic rings. The molecule has 34 heavy (non-hydrogen) atoms. The number of benzene rings is 1. The van der Waals surface area contributed by atoms with Crippen LogP contribution in [-0.4, -0.2) is 46.9 Å². The molecule has 1 saturated heterocycles. The number of anilines is 2. The number of rotatable bonds is 5. The second kappa shape index (κ2) is 9.40. The first-order valence-corrected chi connectivity index (χ1v) is 11.3. The highest BCUT2D eigenvalue weighted by Crippen LogP contribution is 2.29. The molecule has 0 aliphatic carbocycles. The molecule has 0 unspecified atom stereocenters. The Morgan fingerprint density at radius 1 is 1.12 bits per heavy atom. The summed E-state index contributed by atoms with van der Waals surface area (Å²) in [6.45, 7) is 7.93. The summed E-state index contributed by atoms with van der Waals surface area (Å²) in [4.78, 5) is 32.0. The number of morpholine rings is 1. The summed E-state index contributed by atoms with van der Waals surface area (Å²) in [5.74, 6) is 0.538. The third-order valence-electron chi connectivity index (χ3n) is 6.03. The highest BCUT2D eigenvalue weighted by molar-refractivity contribution is 6.04. The maximum absolute atomic E-state index is 12.9. The largest absolute Gasteiger partial charge is 0.384 e. The predicted molar refractivity (Wildman–Crippen MR) is 132 cm³/mol. The molecule has 4 rings (SSSR count). The van der Waals surface area contributed by atoms with Crippen LogP contribution in [0.2, 0.25) is 0 Å². The molecule has 0 bridgehead atoms. The quantitative estimate of drug-likeness (QED) is 0.605. The summed E-state index contributed by atoms with van der Waals surface area (Å²) in [6.07, 6.45) is 1.51. The number of aliphatic hydroxyl groups is 1. The molecule has 8 nitrogen and oxygen atoms in total. The maximum Gasteiger partial charge on any atom is 0.255 e. The van der Waals surface area contributed by atoms with Crippen LogP contribution in [0.3, 0.4) is 0 Å². The topological polar surface area (TPSA) is 96.7 Å². The molecule has 1 aliphatic heterocycles. The lowest BCUT2D eigenvalue weighted by atomic mass is 10.00. The number of carbonyl (C=O) groups excluding carboxylic acids is 1. The van der Waals surface area contributed by atoms with E-state index in [1.54, 1.807) is 43.7 Å². The lowest BCUT2D eigenvalue weighted by Crippen LogP contribution is -2.39. The predicted octanol–water partition coefficient (Wildman–Crippen LogP) is 3.07. The van der Waals surface area contributed by atoms with Crippen LogP contribution in [0.4, 0.5) is 11.5 Å². The molecule has 1 aliphatic rings. The van der Waals surface area contributed by atoms with Crippen molar-refractivity contribution in [3.63, 3.8) is 0 Å². The van der Waals surface area contributed by atoms with Crippen molar-refractivity contribution in [1.82, 2.24) is 9.55 Å². The van der Waals surface area contributed by atoms with E-state index in [0.717, 1.165) is 35.6 Å². The van der Waals surface area contributed by atoms with Gasteiger partial charge in [0.25, 0.3) is 11.5 Å². The summed E-state index contributed by atoms with van der Waals surface area (Å²) in [7, 11) is 1.77. The molecule has 0 radical (unpaired) electrons. The van der Waals surface area contributed by atoms with E-state index in [4.69, 9.17) is 4.74 Å². The van der Waals surface area contributed by atoms with E-state index in [1.165, 1.54) is 6.20 Å². The SMILES string of the molecule is Cc1ccc(NC(=O)c2ccnc(C(C)(C)O)c2)cc1-c1cc(N2CCOCC2)n(C)c(=O)c1. The first-order chi connectivity index (χ1) is 16.1. The smallest absolute Gasteiger partial charge is 0.255 e. The Balaban J connectivity index is 1.65. The van der Waals surface area contributed by atoms with Crippen LogP contribution >= 0.6 is 0 Å². The van der Waals surface area contributed by atoms with Crippen LogP contribution in [0.1, 0.15) is 35.5 Å². The Hall–Kier alpha value is -3.49. The Morgan fingerprint density at radius 2 is 1.85 bits per heavy atom. The first-order valence-electron chi connectivity index (χ1n) is 11.3. The van der Waals surface area contributed by atoms with Crippen LogP contribution in [0.5, 0.6) is 0 Å². The van der Waals surface area contributed by atoms with Gasteiger partial charge in [-0.3, -0.25) is 19.1 Å². The van der Waals surface area contributed by atoms with Crippen molar-refractivity contribution in [3.05, 3.63) is 75.8 Å². The number of hydrogen-bond donors (Lipinski definition) is 2. The molecule has 2 aromatic heterocycles. The van der Waals surface area contributed by atoms with Crippen molar-refractivity contribution >= 4 is 17.4 Å². The number of amides is 1. The van der Waals surface area contributed by atoms with Gasteiger partial charge < -0.3 is 20.1 Å². The van der Waals surface area contributed by atoms with E-state index in [9.17, 15) is 14.7 Å². The van der Waals surface area contributed by atoms with Gasteiger partial charge in [0.15, 0.2) is 0 Å². The van der Waals surface area contributed by atoms with E-state index >= 15 is 0 Å². The lowest BCUT2D eigenvalue weighted by Gasteiger charge is -2.30. The third-order valence-corrected chi connectivity index (χ3v) is 6.03. The molecule has 1 aromatic carbocycles. The van der Waals surface area contributed by atoms with Crippen molar-refractivity contribution in [3.8, 4) is 11.1 Å². The van der Waals surface area contributed by atoms with Crippen LogP contribution in [0.15, 0.2) is 53.5 Å².